The number of hydrogen-bond acceptors (Lipinski definition) is 3. The summed E-state index contributed by atoms with van der Waals surface area (Å²) in [6, 6.07) is 1.47. The van der Waals surface area contributed by atoms with Crippen LogP contribution in [0.15, 0.2) is 12.3 Å². The fourth-order valence-corrected chi connectivity index (χ4v) is 1.71. The first-order valence-electron chi connectivity index (χ1n) is 5.22. The molecule has 7 heteroatoms. The second-order valence-electron chi connectivity index (χ2n) is 3.68. The third-order valence-electron chi connectivity index (χ3n) is 2.41. The lowest BCUT2D eigenvalue weighted by molar-refractivity contribution is -0.130. The largest absolute Gasteiger partial charge is 0.368 e. The topological polar surface area (TPSA) is 83.2 Å². The molecule has 0 radical (unpaired) electrons. The van der Waals surface area contributed by atoms with Crippen molar-refractivity contribution >= 4 is 23.4 Å². The summed E-state index contributed by atoms with van der Waals surface area (Å²) in [5.41, 5.74) is 4.87. The van der Waals surface area contributed by atoms with Crippen molar-refractivity contribution < 1.29 is 14.3 Å². The average molecular weight is 258 g/mol. The molecule has 1 saturated heterocycles. The third-order valence-corrected chi connectivity index (χ3v) is 2.63. The first-order valence-corrected chi connectivity index (χ1v) is 5.60. The summed E-state index contributed by atoms with van der Waals surface area (Å²) in [7, 11) is 0. The lowest BCUT2D eigenvalue weighted by atomic mass is 10.2. The van der Waals surface area contributed by atoms with Crippen LogP contribution in [0.25, 0.3) is 0 Å². The SMILES string of the molecule is O=C(NNC(=O)C1CCCO1)c1cc(Cl)c[nH]1. The number of nitrogens with one attached hydrogen (secondary N) is 3. The highest BCUT2D eigenvalue weighted by atomic mass is 35.5. The molecule has 1 unspecified atom stereocenters. The van der Waals surface area contributed by atoms with Crippen molar-refractivity contribution in [3.05, 3.63) is 23.0 Å². The molecule has 1 aromatic heterocycles. The standard InChI is InChI=1S/C10H12ClN3O3/c11-6-4-7(12-5-6)9(15)13-14-10(16)8-2-1-3-17-8/h4-5,8,12H,1-3H2,(H,13,15)(H,14,16). The lowest BCUT2D eigenvalue weighted by Crippen LogP contribution is -2.46. The number of carbonyl (C=O) groups excluding carboxylic acids is 2. The second-order valence-corrected chi connectivity index (χ2v) is 4.11. The van der Waals surface area contributed by atoms with E-state index in [1.165, 1.54) is 12.3 Å². The molecule has 0 spiro atoms. The first kappa shape index (κ1) is 11.9. The maximum absolute atomic E-state index is 11.5. The molecule has 2 amide bonds. The predicted octanol–water partition coefficient (Wildman–Crippen LogP) is 0.608. The van der Waals surface area contributed by atoms with Crippen LogP contribution in [-0.2, 0) is 9.53 Å². The molecular weight excluding hydrogens is 246 g/mol. The molecule has 6 nitrogen and oxygen atoms in total. The molecule has 1 atom stereocenters. The van der Waals surface area contributed by atoms with E-state index < -0.39 is 12.0 Å². The van der Waals surface area contributed by atoms with Gasteiger partial charge in [-0.25, -0.2) is 0 Å². The smallest absolute Gasteiger partial charge is 0.286 e. The molecule has 2 rings (SSSR count). The number of aromatic nitrogens is 1. The Morgan fingerprint density at radius 1 is 1.47 bits per heavy atom. The van der Waals surface area contributed by atoms with Crippen molar-refractivity contribution in [1.82, 2.24) is 15.8 Å². The number of rotatable bonds is 2. The van der Waals surface area contributed by atoms with E-state index in [0.717, 1.165) is 6.42 Å². The van der Waals surface area contributed by atoms with Gasteiger partial charge in [0.15, 0.2) is 0 Å². The van der Waals surface area contributed by atoms with E-state index in [4.69, 9.17) is 16.3 Å². The number of ether oxygens (including phenoxy) is 1. The summed E-state index contributed by atoms with van der Waals surface area (Å²) < 4.78 is 5.16. The maximum Gasteiger partial charge on any atom is 0.286 e. The van der Waals surface area contributed by atoms with Gasteiger partial charge in [0.25, 0.3) is 11.8 Å². The molecule has 1 aromatic rings. The van der Waals surface area contributed by atoms with Crippen LogP contribution in [0.3, 0.4) is 0 Å². The summed E-state index contributed by atoms with van der Waals surface area (Å²) in [6.45, 7) is 0.582. The Morgan fingerprint density at radius 3 is 2.88 bits per heavy atom. The lowest BCUT2D eigenvalue weighted by Gasteiger charge is -2.10. The van der Waals surface area contributed by atoms with Crippen molar-refractivity contribution in [2.45, 2.75) is 18.9 Å². The highest BCUT2D eigenvalue weighted by molar-refractivity contribution is 6.30. The fraction of sp³-hybridized carbons (Fsp3) is 0.400. The van der Waals surface area contributed by atoms with Crippen LogP contribution < -0.4 is 10.9 Å². The molecular formula is C10H12ClN3O3. The third kappa shape index (κ3) is 2.98. The summed E-state index contributed by atoms with van der Waals surface area (Å²) in [4.78, 5) is 25.7. The average Bonchev–Trinajstić information content (AvgIpc) is 2.95. The number of hydrogen-bond donors (Lipinski definition) is 3. The van der Waals surface area contributed by atoms with Crippen molar-refractivity contribution in [3.63, 3.8) is 0 Å². The van der Waals surface area contributed by atoms with Gasteiger partial charge in [0.2, 0.25) is 0 Å². The van der Waals surface area contributed by atoms with Crippen LogP contribution in [0.5, 0.6) is 0 Å². The van der Waals surface area contributed by atoms with Crippen molar-refractivity contribution in [3.8, 4) is 0 Å². The summed E-state index contributed by atoms with van der Waals surface area (Å²) in [5.74, 6) is -0.795. The molecule has 17 heavy (non-hydrogen) atoms. The molecule has 0 aliphatic carbocycles. The van der Waals surface area contributed by atoms with Gasteiger partial charge in [-0.05, 0) is 18.9 Å². The van der Waals surface area contributed by atoms with Crippen LogP contribution in [0, 0.1) is 0 Å². The van der Waals surface area contributed by atoms with Crippen molar-refractivity contribution in [2.75, 3.05) is 6.61 Å². The Kier molecular flexibility index (Phi) is 3.65. The molecule has 0 bridgehead atoms. The minimum atomic E-state index is -0.470. The van der Waals surface area contributed by atoms with Gasteiger partial charge >= 0.3 is 0 Å². The Labute approximate surface area is 103 Å². The fourth-order valence-electron chi connectivity index (χ4n) is 1.55. The van der Waals surface area contributed by atoms with E-state index in [2.05, 4.69) is 15.8 Å². The minimum absolute atomic E-state index is 0.280. The number of aromatic amines is 1. The zero-order valence-corrected chi connectivity index (χ0v) is 9.71. The molecule has 92 valence electrons. The van der Waals surface area contributed by atoms with E-state index in [1.807, 2.05) is 0 Å². The highest BCUT2D eigenvalue weighted by Gasteiger charge is 2.23. The molecule has 0 aromatic carbocycles. The van der Waals surface area contributed by atoms with Crippen molar-refractivity contribution in [1.29, 1.82) is 0 Å². The zero-order chi connectivity index (χ0) is 12.3. The van der Waals surface area contributed by atoms with Crippen LogP contribution >= 0.6 is 11.6 Å². The van der Waals surface area contributed by atoms with E-state index >= 15 is 0 Å². The maximum atomic E-state index is 11.5. The quantitative estimate of drug-likeness (QED) is 0.679. The highest BCUT2D eigenvalue weighted by Crippen LogP contribution is 2.11. The van der Waals surface area contributed by atoms with Crippen LogP contribution in [0.4, 0.5) is 0 Å². The Balaban J connectivity index is 1.81. The summed E-state index contributed by atoms with van der Waals surface area (Å²) in [6.07, 6.45) is 2.55. The normalized spacial score (nSPS) is 19.0. The second kappa shape index (κ2) is 5.20. The van der Waals surface area contributed by atoms with Gasteiger partial charge in [-0.1, -0.05) is 11.6 Å². The number of carbonyl (C=O) groups is 2. The Hall–Kier alpha value is -1.53. The first-order chi connectivity index (χ1) is 8.16. The summed E-state index contributed by atoms with van der Waals surface area (Å²) >= 11 is 5.65. The monoisotopic (exact) mass is 257 g/mol. The van der Waals surface area contributed by atoms with Gasteiger partial charge in [-0.3, -0.25) is 20.4 Å². The van der Waals surface area contributed by atoms with Gasteiger partial charge in [-0.2, -0.15) is 0 Å². The van der Waals surface area contributed by atoms with E-state index in [9.17, 15) is 9.59 Å². The molecule has 3 N–H and O–H groups in total. The molecule has 2 heterocycles. The molecule has 1 aliphatic rings. The molecule has 1 fully saturated rings. The van der Waals surface area contributed by atoms with E-state index in [0.29, 0.717) is 18.1 Å². The van der Waals surface area contributed by atoms with Crippen LogP contribution in [0.1, 0.15) is 23.3 Å². The van der Waals surface area contributed by atoms with Gasteiger partial charge in [-0.15, -0.1) is 0 Å². The van der Waals surface area contributed by atoms with E-state index in [1.54, 1.807) is 0 Å². The number of H-pyrrole nitrogens is 1. The van der Waals surface area contributed by atoms with Crippen molar-refractivity contribution in [2.24, 2.45) is 0 Å². The van der Waals surface area contributed by atoms with Gasteiger partial charge in [0, 0.05) is 12.8 Å². The Bertz CT molecular complexity index is 426. The van der Waals surface area contributed by atoms with Crippen LogP contribution in [-0.4, -0.2) is 29.5 Å². The number of hydrazine groups is 1. The van der Waals surface area contributed by atoms with Gasteiger partial charge in [0.05, 0.1) is 5.02 Å². The minimum Gasteiger partial charge on any atom is -0.368 e. The zero-order valence-electron chi connectivity index (χ0n) is 8.96. The van der Waals surface area contributed by atoms with Gasteiger partial charge < -0.3 is 9.72 Å². The molecule has 0 saturated carbocycles. The summed E-state index contributed by atoms with van der Waals surface area (Å²) in [5, 5.41) is 0.431. The Morgan fingerprint density at radius 2 is 2.29 bits per heavy atom. The van der Waals surface area contributed by atoms with Crippen LogP contribution in [0.2, 0.25) is 5.02 Å². The number of amides is 2. The number of halogens is 1. The van der Waals surface area contributed by atoms with E-state index in [-0.39, 0.29) is 11.6 Å². The van der Waals surface area contributed by atoms with Gasteiger partial charge in [0.1, 0.15) is 11.8 Å². The predicted molar refractivity (Wildman–Crippen MR) is 60.4 cm³/mol. The molecule has 1 aliphatic heterocycles.